The van der Waals surface area contributed by atoms with Crippen LogP contribution in [0.5, 0.6) is 0 Å². The summed E-state index contributed by atoms with van der Waals surface area (Å²) in [6.07, 6.45) is 6.47. The van der Waals surface area contributed by atoms with E-state index in [4.69, 9.17) is 4.52 Å². The first kappa shape index (κ1) is 18.5. The van der Waals surface area contributed by atoms with Gasteiger partial charge in [0, 0.05) is 24.9 Å². The molecule has 1 heterocycles. The molecule has 6 nitrogen and oxygen atoms in total. The maximum Gasteiger partial charge on any atom is 0.315 e. The summed E-state index contributed by atoms with van der Waals surface area (Å²) in [5, 5.41) is 9.67. The summed E-state index contributed by atoms with van der Waals surface area (Å²) < 4.78 is 5.13. The molecule has 126 valence electrons. The quantitative estimate of drug-likeness (QED) is 0.649. The number of amides is 2. The topological polar surface area (TPSA) is 80.0 Å². The lowest BCUT2D eigenvalue weighted by molar-refractivity contribution is 0.236. The first-order valence-electron chi connectivity index (χ1n) is 8.39. The van der Waals surface area contributed by atoms with Crippen molar-refractivity contribution in [3.63, 3.8) is 0 Å². The summed E-state index contributed by atoms with van der Waals surface area (Å²) in [5.74, 6) is 1.53. The van der Waals surface area contributed by atoms with Gasteiger partial charge < -0.3 is 15.2 Å². The Morgan fingerprint density at radius 1 is 1.23 bits per heavy atom. The molecule has 2 N–H and O–H groups in total. The fraction of sp³-hybridized carbons (Fsp3) is 0.812. The molecule has 1 atom stereocenters. The highest BCUT2D eigenvalue weighted by molar-refractivity contribution is 5.74. The number of nitrogens with zero attached hydrogens (tertiary/aromatic N) is 2. The molecule has 0 spiro atoms. The van der Waals surface area contributed by atoms with E-state index in [-0.39, 0.29) is 18.0 Å². The molecule has 1 unspecified atom stereocenters. The zero-order chi connectivity index (χ0) is 16.4. The lowest BCUT2D eigenvalue weighted by atomic mass is 10.1. The Morgan fingerprint density at radius 3 is 2.64 bits per heavy atom. The van der Waals surface area contributed by atoms with Gasteiger partial charge in [-0.25, -0.2) is 4.79 Å². The normalized spacial score (nSPS) is 12.4. The number of rotatable bonds is 10. The molecule has 0 aliphatic heterocycles. The third-order valence-corrected chi connectivity index (χ3v) is 3.49. The third-order valence-electron chi connectivity index (χ3n) is 3.49. The van der Waals surface area contributed by atoms with E-state index in [1.807, 2.05) is 20.8 Å². The SMILES string of the molecule is CCCCCCC(C)NC(=O)NCCc1nc(C(C)C)no1. The number of unbranched alkanes of at least 4 members (excludes halogenated alkanes) is 3. The standard InChI is InChI=1S/C16H30N4O2/c1-5-6-7-8-9-13(4)18-16(21)17-11-10-14-19-15(12(2)3)20-22-14/h12-13H,5-11H2,1-4H3,(H2,17,18,21). The van der Waals surface area contributed by atoms with Crippen LogP contribution in [0.2, 0.25) is 0 Å². The number of nitrogens with one attached hydrogen (secondary N) is 2. The average Bonchev–Trinajstić information content (AvgIpc) is 2.92. The zero-order valence-electron chi connectivity index (χ0n) is 14.3. The molecule has 6 heteroatoms. The molecule has 0 aliphatic rings. The fourth-order valence-corrected chi connectivity index (χ4v) is 2.11. The van der Waals surface area contributed by atoms with Crippen molar-refractivity contribution in [1.29, 1.82) is 0 Å². The van der Waals surface area contributed by atoms with Crippen molar-refractivity contribution in [1.82, 2.24) is 20.8 Å². The molecule has 1 aromatic rings. The van der Waals surface area contributed by atoms with Crippen LogP contribution in [0.4, 0.5) is 4.79 Å². The Kier molecular flexibility index (Phi) is 8.55. The molecule has 2 amide bonds. The van der Waals surface area contributed by atoms with Gasteiger partial charge in [0.25, 0.3) is 0 Å². The predicted octanol–water partition coefficient (Wildman–Crippen LogP) is 3.39. The molecule has 0 saturated carbocycles. The second-order valence-electron chi connectivity index (χ2n) is 6.10. The Labute approximate surface area is 133 Å². The fourth-order valence-electron chi connectivity index (χ4n) is 2.11. The maximum absolute atomic E-state index is 11.8. The summed E-state index contributed by atoms with van der Waals surface area (Å²) in [7, 11) is 0. The molecule has 0 saturated heterocycles. The van der Waals surface area contributed by atoms with Crippen LogP contribution < -0.4 is 10.6 Å². The zero-order valence-corrected chi connectivity index (χ0v) is 14.3. The second kappa shape index (κ2) is 10.2. The minimum Gasteiger partial charge on any atom is -0.339 e. The van der Waals surface area contributed by atoms with E-state index < -0.39 is 0 Å². The van der Waals surface area contributed by atoms with Gasteiger partial charge in [0.15, 0.2) is 5.82 Å². The Bertz CT molecular complexity index is 432. The van der Waals surface area contributed by atoms with Crippen LogP contribution in [0.3, 0.4) is 0 Å². The lowest BCUT2D eigenvalue weighted by Gasteiger charge is -2.14. The van der Waals surface area contributed by atoms with Gasteiger partial charge in [-0.3, -0.25) is 0 Å². The number of hydrogen-bond donors (Lipinski definition) is 2. The highest BCUT2D eigenvalue weighted by atomic mass is 16.5. The van der Waals surface area contributed by atoms with Crippen molar-refractivity contribution in [2.75, 3.05) is 6.54 Å². The molecule has 0 fully saturated rings. The Hall–Kier alpha value is -1.59. The van der Waals surface area contributed by atoms with E-state index in [0.29, 0.717) is 24.7 Å². The van der Waals surface area contributed by atoms with Crippen molar-refractivity contribution >= 4 is 6.03 Å². The van der Waals surface area contributed by atoms with E-state index in [1.165, 1.54) is 19.3 Å². The highest BCUT2D eigenvalue weighted by Gasteiger charge is 2.10. The van der Waals surface area contributed by atoms with Gasteiger partial charge >= 0.3 is 6.03 Å². The Balaban J connectivity index is 2.14. The molecule has 1 rings (SSSR count). The molecule has 1 aromatic heterocycles. The Morgan fingerprint density at radius 2 is 2.00 bits per heavy atom. The van der Waals surface area contributed by atoms with E-state index in [1.54, 1.807) is 0 Å². The smallest absolute Gasteiger partial charge is 0.315 e. The van der Waals surface area contributed by atoms with Gasteiger partial charge in [0.1, 0.15) is 0 Å². The summed E-state index contributed by atoms with van der Waals surface area (Å²) >= 11 is 0. The molecule has 22 heavy (non-hydrogen) atoms. The first-order chi connectivity index (χ1) is 10.5. The van der Waals surface area contributed by atoms with E-state index in [9.17, 15) is 4.79 Å². The third kappa shape index (κ3) is 7.43. The van der Waals surface area contributed by atoms with Crippen LogP contribution >= 0.6 is 0 Å². The van der Waals surface area contributed by atoms with Gasteiger partial charge in [-0.15, -0.1) is 0 Å². The van der Waals surface area contributed by atoms with Gasteiger partial charge in [-0.1, -0.05) is 51.6 Å². The van der Waals surface area contributed by atoms with Crippen LogP contribution in [0.15, 0.2) is 4.52 Å². The van der Waals surface area contributed by atoms with E-state index in [2.05, 4.69) is 27.7 Å². The van der Waals surface area contributed by atoms with Gasteiger partial charge in [0.2, 0.25) is 5.89 Å². The van der Waals surface area contributed by atoms with Crippen molar-refractivity contribution in [3.8, 4) is 0 Å². The monoisotopic (exact) mass is 310 g/mol. The van der Waals surface area contributed by atoms with Crippen LogP contribution in [-0.2, 0) is 6.42 Å². The minimum absolute atomic E-state index is 0.133. The number of hydrogen-bond acceptors (Lipinski definition) is 4. The number of aromatic nitrogens is 2. The molecular weight excluding hydrogens is 280 g/mol. The molecule has 0 radical (unpaired) electrons. The number of carbonyl (C=O) groups excluding carboxylic acids is 1. The predicted molar refractivity (Wildman–Crippen MR) is 86.8 cm³/mol. The van der Waals surface area contributed by atoms with Gasteiger partial charge in [-0.05, 0) is 13.3 Å². The summed E-state index contributed by atoms with van der Waals surface area (Å²) in [6.45, 7) is 8.76. The average molecular weight is 310 g/mol. The summed E-state index contributed by atoms with van der Waals surface area (Å²) in [4.78, 5) is 16.0. The van der Waals surface area contributed by atoms with E-state index >= 15 is 0 Å². The van der Waals surface area contributed by atoms with Crippen molar-refractivity contribution in [2.24, 2.45) is 0 Å². The highest BCUT2D eigenvalue weighted by Crippen LogP contribution is 2.09. The first-order valence-corrected chi connectivity index (χ1v) is 8.39. The molecule has 0 aliphatic carbocycles. The van der Waals surface area contributed by atoms with Crippen LogP contribution in [0.1, 0.15) is 77.4 Å². The van der Waals surface area contributed by atoms with E-state index in [0.717, 1.165) is 12.8 Å². The van der Waals surface area contributed by atoms with Crippen LogP contribution in [-0.4, -0.2) is 28.8 Å². The number of urea groups is 1. The van der Waals surface area contributed by atoms with Gasteiger partial charge in [0.05, 0.1) is 0 Å². The lowest BCUT2D eigenvalue weighted by Crippen LogP contribution is -2.41. The molecule has 0 aromatic carbocycles. The summed E-state index contributed by atoms with van der Waals surface area (Å²) in [6, 6.07) is 0.0689. The number of carbonyl (C=O) groups is 1. The van der Waals surface area contributed by atoms with Crippen LogP contribution in [0, 0.1) is 0 Å². The summed E-state index contributed by atoms with van der Waals surface area (Å²) in [5.41, 5.74) is 0. The maximum atomic E-state index is 11.8. The molecular formula is C16H30N4O2. The minimum atomic E-state index is -0.133. The van der Waals surface area contributed by atoms with Crippen molar-refractivity contribution < 1.29 is 9.32 Å². The molecule has 0 bridgehead atoms. The van der Waals surface area contributed by atoms with Gasteiger partial charge in [-0.2, -0.15) is 4.98 Å². The van der Waals surface area contributed by atoms with Crippen molar-refractivity contribution in [2.45, 2.75) is 78.2 Å². The largest absolute Gasteiger partial charge is 0.339 e. The van der Waals surface area contributed by atoms with Crippen LogP contribution in [0.25, 0.3) is 0 Å². The second-order valence-corrected chi connectivity index (χ2v) is 6.10. The van der Waals surface area contributed by atoms with Crippen molar-refractivity contribution in [3.05, 3.63) is 11.7 Å².